The van der Waals surface area contributed by atoms with Crippen LogP contribution in [0.2, 0.25) is 5.15 Å². The molecule has 1 unspecified atom stereocenters. The minimum Gasteiger partial charge on any atom is -0.339 e. The van der Waals surface area contributed by atoms with Crippen molar-refractivity contribution in [3.63, 3.8) is 0 Å². The zero-order chi connectivity index (χ0) is 14.0. The van der Waals surface area contributed by atoms with E-state index in [-0.39, 0.29) is 18.3 Å². The van der Waals surface area contributed by atoms with Crippen LogP contribution in [0.3, 0.4) is 0 Å². The quantitative estimate of drug-likeness (QED) is 0.861. The molecule has 1 saturated heterocycles. The molecule has 1 aliphatic heterocycles. The van der Waals surface area contributed by atoms with Gasteiger partial charge in [0.05, 0.1) is 5.69 Å². The number of nitrogens with zero attached hydrogens (tertiary/aromatic N) is 3. The third kappa shape index (κ3) is 3.53. The highest BCUT2D eigenvalue weighted by molar-refractivity contribution is 6.31. The standard InChI is InChI=1S/C13H19ClN4O.ClH/c1-9-11(13(14)17(2)16-9)3-4-12(19)18-6-5-10(7-15)8-18;/h3-4,10H,5-8,15H2,1-2H3;1H/b4-3+;. The average Bonchev–Trinajstić information content (AvgIpc) is 2.94. The first-order valence-electron chi connectivity index (χ1n) is 6.39. The van der Waals surface area contributed by atoms with E-state index in [1.165, 1.54) is 0 Å². The first-order valence-corrected chi connectivity index (χ1v) is 6.77. The number of hydrogen-bond donors (Lipinski definition) is 1. The molecule has 5 nitrogen and oxygen atoms in total. The van der Waals surface area contributed by atoms with Crippen molar-refractivity contribution in [2.75, 3.05) is 19.6 Å². The normalized spacial score (nSPS) is 18.6. The Labute approximate surface area is 130 Å². The zero-order valence-corrected chi connectivity index (χ0v) is 13.2. The van der Waals surface area contributed by atoms with Crippen LogP contribution in [-0.4, -0.2) is 40.2 Å². The molecule has 1 fully saturated rings. The predicted octanol–water partition coefficient (Wildman–Crippen LogP) is 1.62. The number of amides is 1. The maximum absolute atomic E-state index is 12.0. The highest BCUT2D eigenvalue weighted by atomic mass is 35.5. The van der Waals surface area contributed by atoms with Crippen molar-refractivity contribution in [1.29, 1.82) is 0 Å². The zero-order valence-electron chi connectivity index (χ0n) is 11.7. The monoisotopic (exact) mass is 318 g/mol. The van der Waals surface area contributed by atoms with Crippen LogP contribution in [0, 0.1) is 12.8 Å². The van der Waals surface area contributed by atoms with Crippen LogP contribution in [0.15, 0.2) is 6.08 Å². The lowest BCUT2D eigenvalue weighted by Crippen LogP contribution is -2.28. The Morgan fingerprint density at radius 3 is 2.80 bits per heavy atom. The fourth-order valence-corrected chi connectivity index (χ4v) is 2.56. The Morgan fingerprint density at radius 1 is 1.60 bits per heavy atom. The van der Waals surface area contributed by atoms with E-state index in [2.05, 4.69) is 5.10 Å². The molecule has 0 spiro atoms. The second kappa shape index (κ2) is 7.11. The Morgan fingerprint density at radius 2 is 2.30 bits per heavy atom. The molecular formula is C13H20Cl2N4O. The fraction of sp³-hybridized carbons (Fsp3) is 0.538. The number of carbonyl (C=O) groups excluding carboxylic acids is 1. The highest BCUT2D eigenvalue weighted by Gasteiger charge is 2.23. The molecule has 20 heavy (non-hydrogen) atoms. The van der Waals surface area contributed by atoms with Crippen molar-refractivity contribution in [2.45, 2.75) is 13.3 Å². The van der Waals surface area contributed by atoms with Gasteiger partial charge in [0.25, 0.3) is 0 Å². The lowest BCUT2D eigenvalue weighted by atomic mass is 10.1. The van der Waals surface area contributed by atoms with E-state index in [4.69, 9.17) is 17.3 Å². The van der Waals surface area contributed by atoms with Crippen molar-refractivity contribution in [3.05, 3.63) is 22.5 Å². The summed E-state index contributed by atoms with van der Waals surface area (Å²) in [4.78, 5) is 13.9. The Hall–Kier alpha value is -1.04. The summed E-state index contributed by atoms with van der Waals surface area (Å²) in [5.74, 6) is 0.441. The first-order chi connectivity index (χ1) is 9.02. The molecule has 7 heteroatoms. The lowest BCUT2D eigenvalue weighted by molar-refractivity contribution is -0.125. The van der Waals surface area contributed by atoms with Crippen LogP contribution in [0.25, 0.3) is 6.08 Å². The maximum Gasteiger partial charge on any atom is 0.246 e. The summed E-state index contributed by atoms with van der Waals surface area (Å²) < 4.78 is 1.60. The number of halogens is 2. The van der Waals surface area contributed by atoms with Gasteiger partial charge in [0.1, 0.15) is 5.15 Å². The Bertz CT molecular complexity index is 513. The summed E-state index contributed by atoms with van der Waals surface area (Å²) in [6.07, 6.45) is 4.29. The van der Waals surface area contributed by atoms with E-state index >= 15 is 0 Å². The van der Waals surface area contributed by atoms with Crippen molar-refractivity contribution in [3.8, 4) is 0 Å². The third-order valence-corrected chi connectivity index (χ3v) is 3.97. The Kier molecular flexibility index (Phi) is 6.05. The van der Waals surface area contributed by atoms with E-state index in [1.54, 1.807) is 23.9 Å². The average molecular weight is 319 g/mol. The van der Waals surface area contributed by atoms with Crippen molar-refractivity contribution in [2.24, 2.45) is 18.7 Å². The number of rotatable bonds is 3. The summed E-state index contributed by atoms with van der Waals surface area (Å²) in [7, 11) is 1.78. The van der Waals surface area contributed by atoms with Crippen LogP contribution < -0.4 is 5.73 Å². The van der Waals surface area contributed by atoms with E-state index < -0.39 is 0 Å². The molecule has 1 atom stereocenters. The molecule has 0 saturated carbocycles. The van der Waals surface area contributed by atoms with Crippen LogP contribution in [0.5, 0.6) is 0 Å². The lowest BCUT2D eigenvalue weighted by Gasteiger charge is -2.13. The minimum atomic E-state index is 0. The number of nitrogens with two attached hydrogens (primary N) is 1. The van der Waals surface area contributed by atoms with Crippen LogP contribution in [0.1, 0.15) is 17.7 Å². The number of carbonyl (C=O) groups is 1. The molecule has 2 N–H and O–H groups in total. The van der Waals surface area contributed by atoms with Crippen LogP contribution in [-0.2, 0) is 11.8 Å². The highest BCUT2D eigenvalue weighted by Crippen LogP contribution is 2.21. The van der Waals surface area contributed by atoms with Gasteiger partial charge in [-0.15, -0.1) is 12.4 Å². The molecule has 1 aromatic rings. The summed E-state index contributed by atoms with van der Waals surface area (Å²) in [6.45, 7) is 4.04. The molecule has 0 aliphatic carbocycles. The van der Waals surface area contributed by atoms with Gasteiger partial charge in [0.15, 0.2) is 0 Å². The smallest absolute Gasteiger partial charge is 0.246 e. The van der Waals surface area contributed by atoms with Gasteiger partial charge < -0.3 is 10.6 Å². The van der Waals surface area contributed by atoms with Gasteiger partial charge in [-0.25, -0.2) is 0 Å². The largest absolute Gasteiger partial charge is 0.339 e. The third-order valence-electron chi connectivity index (χ3n) is 3.52. The second-order valence-corrected chi connectivity index (χ2v) is 5.28. The van der Waals surface area contributed by atoms with Gasteiger partial charge in [-0.05, 0) is 31.9 Å². The summed E-state index contributed by atoms with van der Waals surface area (Å²) in [5, 5.41) is 4.75. The molecule has 112 valence electrons. The number of aromatic nitrogens is 2. The molecule has 1 aliphatic rings. The van der Waals surface area contributed by atoms with Gasteiger partial charge in [0.2, 0.25) is 5.91 Å². The fourth-order valence-electron chi connectivity index (χ4n) is 2.32. The number of likely N-dealkylation sites (tertiary alicyclic amines) is 1. The maximum atomic E-state index is 12.0. The van der Waals surface area contributed by atoms with Crippen LogP contribution >= 0.6 is 24.0 Å². The van der Waals surface area contributed by atoms with Gasteiger partial charge in [-0.3, -0.25) is 9.48 Å². The van der Waals surface area contributed by atoms with Crippen LogP contribution in [0.4, 0.5) is 0 Å². The van der Waals surface area contributed by atoms with Gasteiger partial charge in [-0.1, -0.05) is 11.6 Å². The molecule has 2 rings (SSSR count). The SMILES string of the molecule is Cc1nn(C)c(Cl)c1/C=C/C(=O)N1CCC(CN)C1.Cl. The predicted molar refractivity (Wildman–Crippen MR) is 83.0 cm³/mol. The van der Waals surface area contributed by atoms with E-state index in [0.29, 0.717) is 17.6 Å². The molecule has 0 radical (unpaired) electrons. The summed E-state index contributed by atoms with van der Waals surface area (Å²) >= 11 is 6.11. The van der Waals surface area contributed by atoms with Crippen molar-refractivity contribution >= 4 is 36.0 Å². The molecule has 0 bridgehead atoms. The van der Waals surface area contributed by atoms with Crippen molar-refractivity contribution in [1.82, 2.24) is 14.7 Å². The van der Waals surface area contributed by atoms with E-state index in [9.17, 15) is 4.79 Å². The van der Waals surface area contributed by atoms with Gasteiger partial charge in [-0.2, -0.15) is 5.10 Å². The van der Waals surface area contributed by atoms with Gasteiger partial charge in [0, 0.05) is 31.8 Å². The van der Waals surface area contributed by atoms with Gasteiger partial charge >= 0.3 is 0 Å². The minimum absolute atomic E-state index is 0. The van der Waals surface area contributed by atoms with E-state index in [1.807, 2.05) is 11.8 Å². The summed E-state index contributed by atoms with van der Waals surface area (Å²) in [5.41, 5.74) is 7.23. The number of hydrogen-bond acceptors (Lipinski definition) is 3. The molecular weight excluding hydrogens is 299 g/mol. The topological polar surface area (TPSA) is 64.2 Å². The molecule has 1 aromatic heterocycles. The molecule has 0 aromatic carbocycles. The van der Waals surface area contributed by atoms with Crippen molar-refractivity contribution < 1.29 is 4.79 Å². The van der Waals surface area contributed by atoms with E-state index in [0.717, 1.165) is 30.8 Å². The molecule has 1 amide bonds. The Balaban J connectivity index is 0.00000200. The first kappa shape index (κ1) is 17.0. The second-order valence-electron chi connectivity index (χ2n) is 4.92. The summed E-state index contributed by atoms with van der Waals surface area (Å²) in [6, 6.07) is 0. The molecule has 2 heterocycles. The number of aryl methyl sites for hydroxylation is 2.